The van der Waals surface area contributed by atoms with Crippen molar-refractivity contribution in [3.05, 3.63) is 42.4 Å². The summed E-state index contributed by atoms with van der Waals surface area (Å²) in [5.41, 5.74) is 6.25. The molecule has 6 heteroatoms. The van der Waals surface area contributed by atoms with E-state index in [9.17, 15) is 13.2 Å². The van der Waals surface area contributed by atoms with Gasteiger partial charge in [-0.1, -0.05) is 18.2 Å². The van der Waals surface area contributed by atoms with Crippen molar-refractivity contribution < 1.29 is 22.3 Å². The average Bonchev–Trinajstić information content (AvgIpc) is 2.75. The van der Waals surface area contributed by atoms with E-state index in [2.05, 4.69) is 4.74 Å². The highest BCUT2D eigenvalue weighted by Gasteiger charge is 2.32. The van der Waals surface area contributed by atoms with E-state index in [1.165, 1.54) is 24.5 Å². The maximum atomic E-state index is 12.3. The normalized spacial score (nSPS) is 11.6. The van der Waals surface area contributed by atoms with Crippen LogP contribution in [0.15, 0.2) is 41.0 Å². The van der Waals surface area contributed by atoms with Gasteiger partial charge in [-0.3, -0.25) is 0 Å². The van der Waals surface area contributed by atoms with Crippen molar-refractivity contribution in [1.29, 1.82) is 0 Å². The lowest BCUT2D eigenvalue weighted by atomic mass is 10.1. The first-order valence-electron chi connectivity index (χ1n) is 5.13. The van der Waals surface area contributed by atoms with E-state index in [0.29, 0.717) is 16.9 Å². The molecular formula is C12H10F3NO2. The van der Waals surface area contributed by atoms with Crippen molar-refractivity contribution in [2.24, 2.45) is 5.73 Å². The zero-order valence-corrected chi connectivity index (χ0v) is 9.20. The van der Waals surface area contributed by atoms with Gasteiger partial charge in [0.2, 0.25) is 0 Å². The fraction of sp³-hybridized carbons (Fsp3) is 0.167. The van der Waals surface area contributed by atoms with Gasteiger partial charge in [-0.2, -0.15) is 0 Å². The highest BCUT2D eigenvalue weighted by atomic mass is 19.4. The minimum Gasteiger partial charge on any atom is -0.467 e. The van der Waals surface area contributed by atoms with Gasteiger partial charge in [0.25, 0.3) is 0 Å². The third kappa shape index (κ3) is 2.65. The van der Waals surface area contributed by atoms with E-state index in [4.69, 9.17) is 10.2 Å². The Bertz CT molecular complexity index is 534. The molecule has 2 aromatic rings. The Morgan fingerprint density at radius 3 is 2.50 bits per heavy atom. The number of hydrogen-bond acceptors (Lipinski definition) is 3. The van der Waals surface area contributed by atoms with Crippen LogP contribution in [-0.2, 0) is 6.54 Å². The molecule has 3 nitrogen and oxygen atoms in total. The molecule has 2 N–H and O–H groups in total. The highest BCUT2D eigenvalue weighted by molar-refractivity contribution is 5.71. The first-order chi connectivity index (χ1) is 8.51. The summed E-state index contributed by atoms with van der Waals surface area (Å²) in [4.78, 5) is 0. The van der Waals surface area contributed by atoms with Crippen molar-refractivity contribution in [2.75, 3.05) is 0 Å². The van der Waals surface area contributed by atoms with Crippen molar-refractivity contribution in [2.45, 2.75) is 12.9 Å². The summed E-state index contributed by atoms with van der Waals surface area (Å²) in [5.74, 6) is 0.134. The largest absolute Gasteiger partial charge is 0.573 e. The Morgan fingerprint density at radius 2 is 1.83 bits per heavy atom. The minimum atomic E-state index is -4.73. The second kappa shape index (κ2) is 4.73. The molecule has 0 saturated heterocycles. The third-order valence-corrected chi connectivity index (χ3v) is 2.33. The molecule has 0 spiro atoms. The van der Waals surface area contributed by atoms with Crippen molar-refractivity contribution in [1.82, 2.24) is 0 Å². The van der Waals surface area contributed by atoms with E-state index < -0.39 is 6.36 Å². The van der Waals surface area contributed by atoms with Gasteiger partial charge in [0.15, 0.2) is 0 Å². The number of rotatable bonds is 3. The molecule has 1 heterocycles. The zero-order valence-electron chi connectivity index (χ0n) is 9.20. The highest BCUT2D eigenvalue weighted by Crippen LogP contribution is 2.35. The number of furan rings is 1. The number of benzene rings is 1. The molecule has 0 aliphatic rings. The Hall–Kier alpha value is -1.95. The quantitative estimate of drug-likeness (QED) is 0.917. The summed E-state index contributed by atoms with van der Waals surface area (Å²) in [6.07, 6.45) is -3.36. The molecule has 0 atom stereocenters. The van der Waals surface area contributed by atoms with Crippen LogP contribution in [0.1, 0.15) is 5.76 Å². The maximum absolute atomic E-state index is 12.3. The van der Waals surface area contributed by atoms with Gasteiger partial charge in [0.1, 0.15) is 11.5 Å². The predicted octanol–water partition coefficient (Wildman–Crippen LogP) is 3.30. The van der Waals surface area contributed by atoms with Gasteiger partial charge in [0.05, 0.1) is 12.8 Å². The van der Waals surface area contributed by atoms with E-state index in [1.54, 1.807) is 12.1 Å². The fourth-order valence-electron chi connectivity index (χ4n) is 1.64. The van der Waals surface area contributed by atoms with E-state index in [1.807, 2.05) is 0 Å². The molecule has 0 bridgehead atoms. The Balaban J connectivity index is 2.45. The molecule has 0 aliphatic heterocycles. The van der Waals surface area contributed by atoms with Crippen LogP contribution >= 0.6 is 0 Å². The molecule has 1 aromatic carbocycles. The zero-order chi connectivity index (χ0) is 13.2. The number of nitrogens with two attached hydrogens (primary N) is 1. The molecule has 96 valence electrons. The standard InChI is InChI=1S/C12H10F3NO2/c13-12(14,15)18-10-4-2-1-3-8(10)9-5-6-17-11(9)7-16/h1-6H,7,16H2. The van der Waals surface area contributed by atoms with Crippen LogP contribution in [0.5, 0.6) is 5.75 Å². The second-order valence-electron chi connectivity index (χ2n) is 3.51. The summed E-state index contributed by atoms with van der Waals surface area (Å²) in [6.45, 7) is 0.0999. The van der Waals surface area contributed by atoms with Crippen LogP contribution in [0.4, 0.5) is 13.2 Å². The molecule has 1 aromatic heterocycles. The van der Waals surface area contributed by atoms with Gasteiger partial charge < -0.3 is 14.9 Å². The SMILES string of the molecule is NCc1occc1-c1ccccc1OC(F)(F)F. The third-order valence-electron chi connectivity index (χ3n) is 2.33. The van der Waals surface area contributed by atoms with E-state index in [-0.39, 0.29) is 12.3 Å². The van der Waals surface area contributed by atoms with Gasteiger partial charge >= 0.3 is 6.36 Å². The van der Waals surface area contributed by atoms with Gasteiger partial charge in [-0.25, -0.2) is 0 Å². The summed E-state index contributed by atoms with van der Waals surface area (Å²) < 4.78 is 45.9. The lowest BCUT2D eigenvalue weighted by molar-refractivity contribution is -0.274. The molecule has 0 fully saturated rings. The van der Waals surface area contributed by atoms with Gasteiger partial charge in [-0.15, -0.1) is 13.2 Å². The molecule has 18 heavy (non-hydrogen) atoms. The smallest absolute Gasteiger partial charge is 0.467 e. The van der Waals surface area contributed by atoms with Crippen LogP contribution in [0.3, 0.4) is 0 Å². The number of halogens is 3. The van der Waals surface area contributed by atoms with Crippen LogP contribution in [0.2, 0.25) is 0 Å². The summed E-state index contributed by atoms with van der Waals surface area (Å²) >= 11 is 0. The summed E-state index contributed by atoms with van der Waals surface area (Å²) in [6, 6.07) is 7.40. The number of para-hydroxylation sites is 1. The number of alkyl halides is 3. The molecular weight excluding hydrogens is 247 g/mol. The first kappa shape index (κ1) is 12.5. The van der Waals surface area contributed by atoms with Gasteiger partial charge in [-0.05, 0) is 12.1 Å². The second-order valence-corrected chi connectivity index (χ2v) is 3.51. The van der Waals surface area contributed by atoms with Crippen LogP contribution in [-0.4, -0.2) is 6.36 Å². The monoisotopic (exact) mass is 257 g/mol. The molecule has 0 aliphatic carbocycles. The first-order valence-corrected chi connectivity index (χ1v) is 5.13. The topological polar surface area (TPSA) is 48.4 Å². The lowest BCUT2D eigenvalue weighted by Gasteiger charge is -2.12. The predicted molar refractivity (Wildman–Crippen MR) is 58.7 cm³/mol. The van der Waals surface area contributed by atoms with Gasteiger partial charge in [0, 0.05) is 11.1 Å². The molecule has 0 amide bonds. The van der Waals surface area contributed by atoms with E-state index >= 15 is 0 Å². The fourth-order valence-corrected chi connectivity index (χ4v) is 1.64. The van der Waals surface area contributed by atoms with Crippen LogP contribution < -0.4 is 10.5 Å². The molecule has 0 unspecified atom stereocenters. The lowest BCUT2D eigenvalue weighted by Crippen LogP contribution is -2.17. The number of ether oxygens (including phenoxy) is 1. The molecule has 0 radical (unpaired) electrons. The van der Waals surface area contributed by atoms with Crippen molar-refractivity contribution >= 4 is 0 Å². The van der Waals surface area contributed by atoms with E-state index in [0.717, 1.165) is 0 Å². The summed E-state index contributed by atoms with van der Waals surface area (Å²) in [5, 5.41) is 0. The molecule has 0 saturated carbocycles. The van der Waals surface area contributed by atoms with Crippen LogP contribution in [0.25, 0.3) is 11.1 Å². The Morgan fingerprint density at radius 1 is 1.11 bits per heavy atom. The van der Waals surface area contributed by atoms with Crippen molar-refractivity contribution in [3.63, 3.8) is 0 Å². The van der Waals surface area contributed by atoms with Crippen molar-refractivity contribution in [3.8, 4) is 16.9 Å². The molecule has 2 rings (SSSR count). The summed E-state index contributed by atoms with van der Waals surface area (Å²) in [7, 11) is 0. The Kier molecular flexibility index (Phi) is 3.29. The Labute approximate surface area is 101 Å². The van der Waals surface area contributed by atoms with Crippen LogP contribution in [0, 0.1) is 0 Å². The maximum Gasteiger partial charge on any atom is 0.573 e. The average molecular weight is 257 g/mol. The minimum absolute atomic E-state index is 0.0999. The number of hydrogen-bond donors (Lipinski definition) is 1.